The van der Waals surface area contributed by atoms with Gasteiger partial charge in [0, 0.05) is 23.2 Å². The summed E-state index contributed by atoms with van der Waals surface area (Å²) in [5.41, 5.74) is -0.710. The Morgan fingerprint density at radius 3 is 2.45 bits per heavy atom. The summed E-state index contributed by atoms with van der Waals surface area (Å²) in [4.78, 5) is 41.7. The van der Waals surface area contributed by atoms with Gasteiger partial charge in [0.25, 0.3) is 5.91 Å². The minimum atomic E-state index is -0.667. The van der Waals surface area contributed by atoms with Crippen LogP contribution >= 0.6 is 11.6 Å². The third-order valence-corrected chi connectivity index (χ3v) is 5.24. The van der Waals surface area contributed by atoms with Crippen LogP contribution in [0.15, 0.2) is 45.6 Å². The first-order valence-electron chi connectivity index (χ1n) is 10.2. The largest absolute Gasteiger partial charge is 0.493 e. The number of nitrogens with one attached hydrogen (secondary N) is 1. The van der Waals surface area contributed by atoms with E-state index in [1.54, 1.807) is 6.07 Å². The Morgan fingerprint density at radius 1 is 1.06 bits per heavy atom. The highest BCUT2D eigenvalue weighted by Crippen LogP contribution is 2.29. The fraction of sp³-hybridized carbons (Fsp3) is 0.292. The van der Waals surface area contributed by atoms with Crippen molar-refractivity contribution in [3.8, 4) is 11.5 Å². The summed E-state index contributed by atoms with van der Waals surface area (Å²) in [6.45, 7) is 1.10. The Balaban J connectivity index is 2.10. The first-order valence-corrected chi connectivity index (χ1v) is 10.6. The van der Waals surface area contributed by atoms with Gasteiger partial charge in [-0.3, -0.25) is 14.4 Å². The standard InChI is InChI=1S/C24H25ClN2O6/c1-27(2)11-5-10-26-24(30)23-20(22(29)16-8-7-15(25)13-18(16)33-23)21(28)14-6-9-17(31-3)19(12-14)32-4/h6-9,12-13H,5,10-11H2,1-4H3,(H,26,30). The van der Waals surface area contributed by atoms with Gasteiger partial charge in [0.2, 0.25) is 17.0 Å². The maximum absolute atomic E-state index is 13.4. The van der Waals surface area contributed by atoms with Gasteiger partial charge >= 0.3 is 0 Å². The third kappa shape index (κ3) is 5.35. The molecule has 9 heteroatoms. The Kier molecular flexibility index (Phi) is 7.73. The number of rotatable bonds is 9. The van der Waals surface area contributed by atoms with Crippen molar-refractivity contribution < 1.29 is 23.5 Å². The number of amides is 1. The SMILES string of the molecule is COc1ccc(C(=O)c2c(C(=O)NCCCN(C)C)oc3cc(Cl)ccc3c2=O)cc1OC. The lowest BCUT2D eigenvalue weighted by Gasteiger charge is -2.13. The van der Waals surface area contributed by atoms with Gasteiger partial charge in [0.1, 0.15) is 11.1 Å². The molecule has 2 aromatic carbocycles. The van der Waals surface area contributed by atoms with E-state index in [4.69, 9.17) is 25.5 Å². The number of carbonyl (C=O) groups is 2. The average molecular weight is 473 g/mol. The highest BCUT2D eigenvalue weighted by Gasteiger charge is 2.27. The molecule has 1 N–H and O–H groups in total. The number of ether oxygens (including phenoxy) is 2. The van der Waals surface area contributed by atoms with Crippen LogP contribution < -0.4 is 20.2 Å². The van der Waals surface area contributed by atoms with Crippen LogP contribution in [-0.4, -0.2) is 58.0 Å². The van der Waals surface area contributed by atoms with Crippen molar-refractivity contribution in [3.63, 3.8) is 0 Å². The van der Waals surface area contributed by atoms with Crippen LogP contribution in [0.1, 0.15) is 32.9 Å². The van der Waals surface area contributed by atoms with Gasteiger partial charge in [-0.1, -0.05) is 11.6 Å². The first kappa shape index (κ1) is 24.3. The quantitative estimate of drug-likeness (QED) is 0.376. The zero-order valence-electron chi connectivity index (χ0n) is 18.9. The van der Waals surface area contributed by atoms with E-state index < -0.39 is 17.1 Å². The van der Waals surface area contributed by atoms with E-state index >= 15 is 0 Å². The van der Waals surface area contributed by atoms with E-state index in [0.29, 0.717) is 29.5 Å². The van der Waals surface area contributed by atoms with E-state index in [9.17, 15) is 14.4 Å². The van der Waals surface area contributed by atoms with Crippen molar-refractivity contribution in [1.82, 2.24) is 10.2 Å². The molecule has 8 nitrogen and oxygen atoms in total. The number of ketones is 1. The Morgan fingerprint density at radius 2 is 1.79 bits per heavy atom. The van der Waals surface area contributed by atoms with Crippen molar-refractivity contribution in [1.29, 1.82) is 0 Å². The van der Waals surface area contributed by atoms with Gasteiger partial charge in [-0.2, -0.15) is 0 Å². The molecule has 0 aliphatic heterocycles. The molecule has 3 aromatic rings. The second-order valence-electron chi connectivity index (χ2n) is 7.59. The molecule has 0 radical (unpaired) electrons. The van der Waals surface area contributed by atoms with Crippen molar-refractivity contribution in [2.24, 2.45) is 0 Å². The van der Waals surface area contributed by atoms with E-state index in [2.05, 4.69) is 5.32 Å². The Labute approximate surface area is 196 Å². The van der Waals surface area contributed by atoms with Crippen molar-refractivity contribution in [2.75, 3.05) is 41.4 Å². The summed E-state index contributed by atoms with van der Waals surface area (Å²) in [5, 5.41) is 3.20. The molecule has 0 spiro atoms. The molecule has 1 amide bonds. The van der Waals surface area contributed by atoms with Crippen LogP contribution in [0.2, 0.25) is 5.02 Å². The van der Waals surface area contributed by atoms with Gasteiger partial charge in [0.05, 0.1) is 19.6 Å². The van der Waals surface area contributed by atoms with Crippen LogP contribution in [-0.2, 0) is 0 Å². The average Bonchev–Trinajstić information content (AvgIpc) is 2.80. The number of hydrogen-bond donors (Lipinski definition) is 1. The lowest BCUT2D eigenvalue weighted by molar-refractivity contribution is 0.0912. The zero-order chi connectivity index (χ0) is 24.1. The lowest BCUT2D eigenvalue weighted by Crippen LogP contribution is -2.31. The second-order valence-corrected chi connectivity index (χ2v) is 8.02. The predicted molar refractivity (Wildman–Crippen MR) is 126 cm³/mol. The van der Waals surface area contributed by atoms with E-state index in [1.165, 1.54) is 44.6 Å². The predicted octanol–water partition coefficient (Wildman–Crippen LogP) is 3.38. The molecule has 1 aromatic heterocycles. The number of methoxy groups -OCH3 is 2. The number of hydrogen-bond acceptors (Lipinski definition) is 7. The number of halogens is 1. The summed E-state index contributed by atoms with van der Waals surface area (Å²) in [6.07, 6.45) is 0.682. The molecule has 0 unspecified atom stereocenters. The maximum Gasteiger partial charge on any atom is 0.287 e. The molecule has 0 fully saturated rings. The molecule has 0 saturated carbocycles. The highest BCUT2D eigenvalue weighted by atomic mass is 35.5. The fourth-order valence-corrected chi connectivity index (χ4v) is 3.49. The van der Waals surface area contributed by atoms with E-state index in [-0.39, 0.29) is 27.9 Å². The van der Waals surface area contributed by atoms with Gasteiger partial charge < -0.3 is 24.1 Å². The summed E-state index contributed by atoms with van der Waals surface area (Å²) in [7, 11) is 6.76. The first-order chi connectivity index (χ1) is 15.8. The smallest absolute Gasteiger partial charge is 0.287 e. The lowest BCUT2D eigenvalue weighted by atomic mass is 9.99. The second kappa shape index (κ2) is 10.5. The highest BCUT2D eigenvalue weighted by molar-refractivity contribution is 6.31. The maximum atomic E-state index is 13.4. The minimum Gasteiger partial charge on any atom is -0.493 e. The van der Waals surface area contributed by atoms with Crippen molar-refractivity contribution >= 4 is 34.3 Å². The molecule has 1 heterocycles. The molecule has 3 rings (SSSR count). The van der Waals surface area contributed by atoms with Crippen LogP contribution in [0.5, 0.6) is 11.5 Å². The van der Waals surface area contributed by atoms with Crippen LogP contribution in [0.4, 0.5) is 0 Å². The summed E-state index contributed by atoms with van der Waals surface area (Å²) >= 11 is 6.04. The molecule has 0 aliphatic rings. The van der Waals surface area contributed by atoms with E-state index in [0.717, 1.165) is 6.54 Å². The zero-order valence-corrected chi connectivity index (χ0v) is 19.6. The number of carbonyl (C=O) groups excluding carboxylic acids is 2. The van der Waals surface area contributed by atoms with Crippen molar-refractivity contribution in [2.45, 2.75) is 6.42 Å². The minimum absolute atomic E-state index is 0.120. The molecule has 33 heavy (non-hydrogen) atoms. The third-order valence-electron chi connectivity index (χ3n) is 5.00. The molecule has 174 valence electrons. The van der Waals surface area contributed by atoms with Gasteiger partial charge in [-0.25, -0.2) is 0 Å². The van der Waals surface area contributed by atoms with E-state index in [1.807, 2.05) is 19.0 Å². The number of nitrogens with zero attached hydrogens (tertiary/aromatic N) is 1. The van der Waals surface area contributed by atoms with Crippen LogP contribution in [0.25, 0.3) is 11.0 Å². The molecule has 0 atom stereocenters. The van der Waals surface area contributed by atoms with Gasteiger partial charge in [0.15, 0.2) is 11.5 Å². The normalized spacial score (nSPS) is 11.0. The van der Waals surface area contributed by atoms with Crippen molar-refractivity contribution in [3.05, 3.63) is 68.5 Å². The molecule has 0 saturated heterocycles. The molecule has 0 bridgehead atoms. The molecular weight excluding hydrogens is 448 g/mol. The Bertz CT molecular complexity index is 1250. The Hall–Kier alpha value is -3.36. The molecule has 0 aliphatic carbocycles. The number of fused-ring (bicyclic) bond motifs is 1. The summed E-state index contributed by atoms with van der Waals surface area (Å²) in [6, 6.07) is 8.92. The number of benzene rings is 2. The fourth-order valence-electron chi connectivity index (χ4n) is 3.33. The van der Waals surface area contributed by atoms with Crippen LogP contribution in [0.3, 0.4) is 0 Å². The molecular formula is C24H25ClN2O6. The summed E-state index contributed by atoms with van der Waals surface area (Å²) < 4.78 is 16.2. The van der Waals surface area contributed by atoms with Gasteiger partial charge in [-0.15, -0.1) is 0 Å². The van der Waals surface area contributed by atoms with Crippen LogP contribution in [0, 0.1) is 0 Å². The topological polar surface area (TPSA) is 98.1 Å². The monoisotopic (exact) mass is 472 g/mol. The summed E-state index contributed by atoms with van der Waals surface area (Å²) in [5.74, 6) is -0.945. The van der Waals surface area contributed by atoms with Gasteiger partial charge in [-0.05, 0) is 57.4 Å².